The molecule has 0 fully saturated rings. The first-order valence-electron chi connectivity index (χ1n) is 7.25. The highest BCUT2D eigenvalue weighted by atomic mass is 16.3. The molecule has 5 N–H and O–H groups in total. The number of aliphatic hydroxyl groups is 5. The van der Waals surface area contributed by atoms with Gasteiger partial charge in [0.25, 0.3) is 0 Å². The Morgan fingerprint density at radius 1 is 0.684 bits per heavy atom. The van der Waals surface area contributed by atoms with E-state index in [0.717, 1.165) is 32.1 Å². The van der Waals surface area contributed by atoms with E-state index < -0.39 is 11.5 Å². The third-order valence-corrected chi connectivity index (χ3v) is 3.71. The summed E-state index contributed by atoms with van der Waals surface area (Å²) in [4.78, 5) is 0. The average molecular weight is 278 g/mol. The average Bonchev–Trinajstić information content (AvgIpc) is 2.45. The van der Waals surface area contributed by atoms with Gasteiger partial charge in [-0.15, -0.1) is 0 Å². The fourth-order valence-corrected chi connectivity index (χ4v) is 2.03. The van der Waals surface area contributed by atoms with E-state index in [0.29, 0.717) is 19.3 Å². The van der Waals surface area contributed by atoms with Crippen molar-refractivity contribution in [1.29, 1.82) is 0 Å². The van der Waals surface area contributed by atoms with E-state index in [4.69, 9.17) is 20.4 Å². The van der Waals surface area contributed by atoms with Crippen LogP contribution < -0.4 is 0 Å². The molecule has 0 amide bonds. The molecule has 19 heavy (non-hydrogen) atoms. The molecule has 1 unspecified atom stereocenters. The van der Waals surface area contributed by atoms with Gasteiger partial charge >= 0.3 is 0 Å². The van der Waals surface area contributed by atoms with Crippen LogP contribution in [0.4, 0.5) is 0 Å². The summed E-state index contributed by atoms with van der Waals surface area (Å²) in [6.45, 7) is -0.566. The Kier molecular flexibility index (Phi) is 11.5. The van der Waals surface area contributed by atoms with E-state index >= 15 is 0 Å². The molecule has 0 aliphatic carbocycles. The first kappa shape index (κ1) is 18.8. The third kappa shape index (κ3) is 8.55. The lowest BCUT2D eigenvalue weighted by Gasteiger charge is -2.28. The van der Waals surface area contributed by atoms with Crippen LogP contribution >= 0.6 is 0 Å². The molecule has 0 aromatic heterocycles. The maximum absolute atomic E-state index is 9.82. The zero-order valence-electron chi connectivity index (χ0n) is 11.8. The fraction of sp³-hybridized carbons (Fsp3) is 1.00. The molecule has 116 valence electrons. The van der Waals surface area contributed by atoms with E-state index in [1.165, 1.54) is 0 Å². The lowest BCUT2D eigenvalue weighted by atomic mass is 9.84. The van der Waals surface area contributed by atoms with Gasteiger partial charge in [-0.05, 0) is 25.7 Å². The summed E-state index contributed by atoms with van der Waals surface area (Å²) < 4.78 is 0. The van der Waals surface area contributed by atoms with Gasteiger partial charge in [0.05, 0.1) is 25.9 Å². The summed E-state index contributed by atoms with van der Waals surface area (Å²) in [5.41, 5.74) is -0.873. The van der Waals surface area contributed by atoms with Crippen LogP contribution in [0.15, 0.2) is 0 Å². The second-order valence-electron chi connectivity index (χ2n) is 5.45. The summed E-state index contributed by atoms with van der Waals surface area (Å²) in [5, 5.41) is 45.9. The van der Waals surface area contributed by atoms with Crippen molar-refractivity contribution >= 4 is 0 Å². The molecule has 0 spiro atoms. The van der Waals surface area contributed by atoms with Crippen LogP contribution in [0, 0.1) is 5.41 Å². The van der Waals surface area contributed by atoms with Gasteiger partial charge in [-0.25, -0.2) is 0 Å². The minimum Gasteiger partial charge on any atom is -0.396 e. The summed E-state index contributed by atoms with van der Waals surface area (Å²) in [5.74, 6) is 0. The van der Waals surface area contributed by atoms with Gasteiger partial charge in [0.1, 0.15) is 0 Å². The summed E-state index contributed by atoms with van der Waals surface area (Å²) in [7, 11) is 0. The lowest BCUT2D eigenvalue weighted by Crippen LogP contribution is -2.34. The predicted octanol–water partition coefficient (Wildman–Crippen LogP) is 0.424. The van der Waals surface area contributed by atoms with Crippen molar-refractivity contribution in [3.05, 3.63) is 0 Å². The second kappa shape index (κ2) is 11.6. The highest BCUT2D eigenvalue weighted by Crippen LogP contribution is 2.24. The monoisotopic (exact) mass is 278 g/mol. The van der Waals surface area contributed by atoms with Crippen molar-refractivity contribution < 1.29 is 25.5 Å². The number of hydrogen-bond acceptors (Lipinski definition) is 5. The summed E-state index contributed by atoms with van der Waals surface area (Å²) in [6, 6.07) is 0. The van der Waals surface area contributed by atoms with Crippen LogP contribution in [-0.2, 0) is 0 Å². The van der Waals surface area contributed by atoms with Crippen molar-refractivity contribution in [2.24, 2.45) is 5.41 Å². The maximum atomic E-state index is 9.82. The Balaban J connectivity index is 3.65. The van der Waals surface area contributed by atoms with Crippen LogP contribution in [0.25, 0.3) is 0 Å². The van der Waals surface area contributed by atoms with Crippen LogP contribution in [0.5, 0.6) is 0 Å². The molecule has 0 aliphatic rings. The first-order valence-corrected chi connectivity index (χ1v) is 7.25. The molecular formula is C14H30O5. The van der Waals surface area contributed by atoms with Gasteiger partial charge in [0.2, 0.25) is 0 Å². The smallest absolute Gasteiger partial charge is 0.0540 e. The Labute approximate surface area is 115 Å². The molecule has 0 aliphatic heterocycles. The van der Waals surface area contributed by atoms with Gasteiger partial charge in [0.15, 0.2) is 0 Å². The highest BCUT2D eigenvalue weighted by molar-refractivity contribution is 4.78. The lowest BCUT2D eigenvalue weighted by molar-refractivity contribution is -0.0109. The number of rotatable bonds is 13. The fourth-order valence-electron chi connectivity index (χ4n) is 2.03. The molecule has 0 aromatic carbocycles. The molecule has 0 heterocycles. The molecule has 0 saturated heterocycles. The van der Waals surface area contributed by atoms with Gasteiger partial charge in [0, 0.05) is 12.0 Å². The van der Waals surface area contributed by atoms with Gasteiger partial charge in [-0.1, -0.05) is 25.7 Å². The van der Waals surface area contributed by atoms with Crippen molar-refractivity contribution in [3.8, 4) is 0 Å². The number of hydrogen-bond donors (Lipinski definition) is 5. The first-order chi connectivity index (χ1) is 9.14. The normalized spacial score (nSPS) is 13.7. The van der Waals surface area contributed by atoms with Crippen LogP contribution in [0.3, 0.4) is 0 Å². The molecular weight excluding hydrogens is 248 g/mol. The second-order valence-corrected chi connectivity index (χ2v) is 5.45. The highest BCUT2D eigenvalue weighted by Gasteiger charge is 2.28. The van der Waals surface area contributed by atoms with E-state index in [1.807, 2.05) is 0 Å². The summed E-state index contributed by atoms with van der Waals surface area (Å²) in [6.07, 6.45) is 6.09. The number of unbranched alkanes of at least 4 members (excludes halogenated alkanes) is 4. The van der Waals surface area contributed by atoms with E-state index in [2.05, 4.69) is 0 Å². The molecule has 0 bridgehead atoms. The molecule has 1 atom stereocenters. The molecule has 5 nitrogen and oxygen atoms in total. The van der Waals surface area contributed by atoms with Crippen molar-refractivity contribution in [2.45, 2.75) is 57.5 Å². The zero-order valence-corrected chi connectivity index (χ0v) is 11.8. The maximum Gasteiger partial charge on any atom is 0.0540 e. The summed E-state index contributed by atoms with van der Waals surface area (Å²) >= 11 is 0. The number of aliphatic hydroxyl groups excluding tert-OH is 5. The topological polar surface area (TPSA) is 101 Å². The van der Waals surface area contributed by atoms with Gasteiger partial charge < -0.3 is 25.5 Å². The minimum atomic E-state index is -0.873. The Morgan fingerprint density at radius 3 is 1.74 bits per heavy atom. The molecule has 0 saturated carbocycles. The zero-order chi connectivity index (χ0) is 14.6. The predicted molar refractivity (Wildman–Crippen MR) is 73.7 cm³/mol. The SMILES string of the molecule is OCCCCCCCC(O)CCC(CO)(CO)CO. The molecule has 0 aromatic rings. The Hall–Kier alpha value is -0.200. The standard InChI is InChI=1S/C14H30O5/c15-9-5-3-1-2-4-6-13(19)7-8-14(10-16,11-17)12-18/h13,15-19H,1-12H2. The van der Waals surface area contributed by atoms with E-state index in [1.54, 1.807) is 0 Å². The van der Waals surface area contributed by atoms with Gasteiger partial charge in [-0.3, -0.25) is 0 Å². The van der Waals surface area contributed by atoms with Crippen LogP contribution in [-0.4, -0.2) is 58.1 Å². The van der Waals surface area contributed by atoms with Crippen molar-refractivity contribution in [2.75, 3.05) is 26.4 Å². The van der Waals surface area contributed by atoms with Gasteiger partial charge in [-0.2, -0.15) is 0 Å². The van der Waals surface area contributed by atoms with Crippen LogP contribution in [0.2, 0.25) is 0 Å². The van der Waals surface area contributed by atoms with Crippen molar-refractivity contribution in [3.63, 3.8) is 0 Å². The Bertz CT molecular complexity index is 186. The van der Waals surface area contributed by atoms with E-state index in [-0.39, 0.29) is 26.4 Å². The van der Waals surface area contributed by atoms with Crippen molar-refractivity contribution in [1.82, 2.24) is 0 Å². The molecule has 5 heteroatoms. The molecule has 0 radical (unpaired) electrons. The third-order valence-electron chi connectivity index (χ3n) is 3.71. The molecule has 0 rings (SSSR count). The minimum absolute atomic E-state index is 0.244. The van der Waals surface area contributed by atoms with E-state index in [9.17, 15) is 5.11 Å². The van der Waals surface area contributed by atoms with Crippen LogP contribution in [0.1, 0.15) is 51.4 Å². The quantitative estimate of drug-likeness (QED) is 0.314. The Morgan fingerprint density at radius 2 is 1.21 bits per heavy atom. The largest absolute Gasteiger partial charge is 0.396 e.